The maximum Gasteiger partial charge on any atom is 0.336 e. The van der Waals surface area contributed by atoms with E-state index in [1.165, 1.54) is 0 Å². The Bertz CT molecular complexity index is 692. The van der Waals surface area contributed by atoms with Crippen LogP contribution in [0.25, 0.3) is 11.0 Å². The van der Waals surface area contributed by atoms with Gasteiger partial charge in [0.1, 0.15) is 5.58 Å². The van der Waals surface area contributed by atoms with Crippen LogP contribution in [0.15, 0.2) is 33.5 Å². The lowest BCUT2D eigenvalue weighted by molar-refractivity contribution is 0.0670. The van der Waals surface area contributed by atoms with Gasteiger partial charge in [-0.2, -0.15) is 0 Å². The Kier molecular flexibility index (Phi) is 4.08. The molecule has 2 heterocycles. The minimum atomic E-state index is -0.302. The van der Waals surface area contributed by atoms with E-state index in [0.717, 1.165) is 42.3 Å². The molecule has 0 spiro atoms. The molecular weight excluding hydrogens is 266 g/mol. The summed E-state index contributed by atoms with van der Waals surface area (Å²) in [6, 6.07) is 7.64. The van der Waals surface area contributed by atoms with Gasteiger partial charge in [0, 0.05) is 24.5 Å². The highest BCUT2D eigenvalue weighted by Crippen LogP contribution is 2.22. The molecule has 0 amide bonds. The van der Waals surface area contributed by atoms with E-state index >= 15 is 0 Å². The molecule has 1 unspecified atom stereocenters. The molecule has 0 radical (unpaired) electrons. The highest BCUT2D eigenvalue weighted by molar-refractivity contribution is 5.80. The molecule has 1 aromatic heterocycles. The van der Waals surface area contributed by atoms with Crippen LogP contribution < -0.4 is 5.63 Å². The third-order valence-corrected chi connectivity index (χ3v) is 4.18. The summed E-state index contributed by atoms with van der Waals surface area (Å²) in [7, 11) is 0. The number of aryl methyl sites for hydroxylation is 1. The number of β-amino-alcohol motifs (C(OH)–C–C–N with tert-alkyl or cyclic N) is 1. The van der Waals surface area contributed by atoms with Crippen molar-refractivity contribution >= 4 is 11.0 Å². The number of aliphatic hydroxyl groups excluding tert-OH is 1. The number of benzene rings is 1. The summed E-state index contributed by atoms with van der Waals surface area (Å²) < 4.78 is 5.33. The fraction of sp³-hybridized carbons (Fsp3) is 0.471. The second-order valence-corrected chi connectivity index (χ2v) is 5.81. The van der Waals surface area contributed by atoms with Crippen molar-refractivity contribution in [3.8, 4) is 0 Å². The first-order valence-electron chi connectivity index (χ1n) is 7.62. The van der Waals surface area contributed by atoms with Crippen LogP contribution in [0.2, 0.25) is 0 Å². The van der Waals surface area contributed by atoms with E-state index in [9.17, 15) is 9.90 Å². The molecule has 1 aliphatic rings. The number of nitrogens with zero attached hydrogens (tertiary/aromatic N) is 1. The molecule has 1 fully saturated rings. The number of aliphatic hydroxyl groups is 1. The van der Waals surface area contributed by atoms with Gasteiger partial charge in [-0.1, -0.05) is 19.1 Å². The van der Waals surface area contributed by atoms with Gasteiger partial charge in [-0.05, 0) is 43.0 Å². The van der Waals surface area contributed by atoms with Crippen LogP contribution in [0.1, 0.15) is 30.9 Å². The molecule has 1 saturated heterocycles. The van der Waals surface area contributed by atoms with Gasteiger partial charge in [-0.3, -0.25) is 4.90 Å². The first kappa shape index (κ1) is 14.3. The molecule has 1 aromatic carbocycles. The third-order valence-electron chi connectivity index (χ3n) is 4.18. The molecule has 0 bridgehead atoms. The Balaban J connectivity index is 1.95. The Hall–Kier alpha value is -1.65. The topological polar surface area (TPSA) is 53.7 Å². The SMILES string of the molecule is CCc1ccc2c(CN3CCCC(O)C3)cc(=O)oc2c1. The van der Waals surface area contributed by atoms with Crippen LogP contribution in [0, 0.1) is 0 Å². The van der Waals surface area contributed by atoms with Gasteiger partial charge < -0.3 is 9.52 Å². The van der Waals surface area contributed by atoms with Crippen LogP contribution >= 0.6 is 0 Å². The molecule has 4 nitrogen and oxygen atoms in total. The first-order chi connectivity index (χ1) is 10.2. The highest BCUT2D eigenvalue weighted by Gasteiger charge is 2.19. The third kappa shape index (κ3) is 3.17. The number of fused-ring (bicyclic) bond motifs is 1. The highest BCUT2D eigenvalue weighted by atomic mass is 16.4. The van der Waals surface area contributed by atoms with Crippen molar-refractivity contribution in [3.63, 3.8) is 0 Å². The number of likely N-dealkylation sites (tertiary alicyclic amines) is 1. The lowest BCUT2D eigenvalue weighted by atomic mass is 10.0. The maximum atomic E-state index is 11.8. The lowest BCUT2D eigenvalue weighted by Crippen LogP contribution is -2.37. The molecule has 1 N–H and O–H groups in total. The monoisotopic (exact) mass is 287 g/mol. The van der Waals surface area contributed by atoms with Crippen LogP contribution in [0.5, 0.6) is 0 Å². The number of hydrogen-bond acceptors (Lipinski definition) is 4. The number of piperidine rings is 1. The van der Waals surface area contributed by atoms with Crippen molar-refractivity contribution in [3.05, 3.63) is 45.8 Å². The molecule has 0 saturated carbocycles. The summed E-state index contributed by atoms with van der Waals surface area (Å²) in [4.78, 5) is 14.0. The van der Waals surface area contributed by atoms with Gasteiger partial charge in [-0.25, -0.2) is 4.79 Å². The molecule has 112 valence electrons. The Morgan fingerprint density at radius 1 is 1.38 bits per heavy atom. The van der Waals surface area contributed by atoms with E-state index in [2.05, 4.69) is 17.9 Å². The number of hydrogen-bond donors (Lipinski definition) is 1. The molecule has 1 aliphatic heterocycles. The zero-order valence-electron chi connectivity index (χ0n) is 12.3. The van der Waals surface area contributed by atoms with Crippen molar-refractivity contribution in [2.45, 2.75) is 38.8 Å². The summed E-state index contributed by atoms with van der Waals surface area (Å²) in [5.74, 6) is 0. The van der Waals surface area contributed by atoms with Crippen molar-refractivity contribution in [2.24, 2.45) is 0 Å². The smallest absolute Gasteiger partial charge is 0.336 e. The van der Waals surface area contributed by atoms with E-state index in [1.54, 1.807) is 6.07 Å². The Morgan fingerprint density at radius 2 is 2.24 bits per heavy atom. The number of rotatable bonds is 3. The first-order valence-corrected chi connectivity index (χ1v) is 7.62. The van der Waals surface area contributed by atoms with Gasteiger partial charge in [-0.15, -0.1) is 0 Å². The van der Waals surface area contributed by atoms with Gasteiger partial charge in [0.25, 0.3) is 0 Å². The zero-order chi connectivity index (χ0) is 14.8. The minimum Gasteiger partial charge on any atom is -0.423 e. The fourth-order valence-electron chi connectivity index (χ4n) is 3.04. The predicted molar refractivity (Wildman–Crippen MR) is 82.4 cm³/mol. The van der Waals surface area contributed by atoms with Crippen LogP contribution in [-0.2, 0) is 13.0 Å². The van der Waals surface area contributed by atoms with E-state index in [-0.39, 0.29) is 11.7 Å². The normalized spacial score (nSPS) is 20.0. The fourth-order valence-corrected chi connectivity index (χ4v) is 3.04. The zero-order valence-corrected chi connectivity index (χ0v) is 12.3. The summed E-state index contributed by atoms with van der Waals surface area (Å²) in [5.41, 5.74) is 2.51. The maximum absolute atomic E-state index is 11.8. The van der Waals surface area contributed by atoms with Crippen LogP contribution in [0.4, 0.5) is 0 Å². The Labute approximate surface area is 124 Å². The summed E-state index contributed by atoms with van der Waals surface area (Å²) in [6.07, 6.45) is 2.54. The van der Waals surface area contributed by atoms with E-state index in [0.29, 0.717) is 18.7 Å². The molecule has 0 aliphatic carbocycles. The minimum absolute atomic E-state index is 0.253. The molecule has 1 atom stereocenters. The molecule has 2 aromatic rings. The van der Waals surface area contributed by atoms with Crippen molar-refractivity contribution < 1.29 is 9.52 Å². The van der Waals surface area contributed by atoms with Crippen molar-refractivity contribution in [1.29, 1.82) is 0 Å². The van der Waals surface area contributed by atoms with Gasteiger partial charge in [0.15, 0.2) is 0 Å². The second kappa shape index (κ2) is 6.00. The average Bonchev–Trinajstić information content (AvgIpc) is 2.46. The second-order valence-electron chi connectivity index (χ2n) is 5.81. The molecule has 21 heavy (non-hydrogen) atoms. The lowest BCUT2D eigenvalue weighted by Gasteiger charge is -2.30. The summed E-state index contributed by atoms with van der Waals surface area (Å²) in [5, 5.41) is 10.8. The summed E-state index contributed by atoms with van der Waals surface area (Å²) >= 11 is 0. The van der Waals surface area contributed by atoms with Gasteiger partial charge >= 0.3 is 5.63 Å². The standard InChI is InChI=1S/C17H21NO3/c1-2-12-5-6-15-13(9-17(20)21-16(15)8-12)10-18-7-3-4-14(19)11-18/h5-6,8-9,14,19H,2-4,7,10-11H2,1H3. The van der Waals surface area contributed by atoms with Crippen molar-refractivity contribution in [2.75, 3.05) is 13.1 Å². The van der Waals surface area contributed by atoms with E-state index < -0.39 is 0 Å². The quantitative estimate of drug-likeness (QED) is 0.880. The van der Waals surface area contributed by atoms with Gasteiger partial charge in [0.2, 0.25) is 0 Å². The molecule has 4 heteroatoms. The molecule has 3 rings (SSSR count). The molecular formula is C17H21NO3. The van der Waals surface area contributed by atoms with E-state index in [4.69, 9.17) is 4.42 Å². The van der Waals surface area contributed by atoms with Crippen LogP contribution in [0.3, 0.4) is 0 Å². The largest absolute Gasteiger partial charge is 0.423 e. The van der Waals surface area contributed by atoms with Gasteiger partial charge in [0.05, 0.1) is 6.10 Å². The van der Waals surface area contributed by atoms with Crippen molar-refractivity contribution in [1.82, 2.24) is 4.90 Å². The summed E-state index contributed by atoms with van der Waals surface area (Å²) in [6.45, 7) is 4.41. The predicted octanol–water partition coefficient (Wildman–Crippen LogP) is 2.31. The van der Waals surface area contributed by atoms with E-state index in [1.807, 2.05) is 12.1 Å². The average molecular weight is 287 g/mol. The van der Waals surface area contributed by atoms with Crippen LogP contribution in [-0.4, -0.2) is 29.2 Å². The Morgan fingerprint density at radius 3 is 3.00 bits per heavy atom.